The molecule has 3 aromatic rings. The van der Waals surface area contributed by atoms with E-state index in [4.69, 9.17) is 0 Å². The van der Waals surface area contributed by atoms with E-state index in [1.807, 2.05) is 27.7 Å². The van der Waals surface area contributed by atoms with E-state index in [2.05, 4.69) is 32.3 Å². The van der Waals surface area contributed by atoms with Gasteiger partial charge in [-0.15, -0.1) is 27.0 Å². The van der Waals surface area contributed by atoms with Crippen molar-refractivity contribution in [3.05, 3.63) is 53.3 Å². The molecule has 1 N–H and O–H groups in total. The summed E-state index contributed by atoms with van der Waals surface area (Å²) in [6, 6.07) is 6.69. The van der Waals surface area contributed by atoms with Crippen LogP contribution in [0.4, 0.5) is 5.13 Å². The van der Waals surface area contributed by atoms with Crippen molar-refractivity contribution in [1.29, 1.82) is 0 Å². The third-order valence-corrected chi connectivity index (χ3v) is 8.99. The quantitative estimate of drug-likeness (QED) is 0.295. The highest BCUT2D eigenvalue weighted by molar-refractivity contribution is 8.00. The Morgan fingerprint density at radius 1 is 1.21 bits per heavy atom. The van der Waals surface area contributed by atoms with Gasteiger partial charge in [0.1, 0.15) is 16.6 Å². The van der Waals surface area contributed by atoms with Crippen LogP contribution in [0.15, 0.2) is 47.0 Å². The minimum absolute atomic E-state index is 0.221. The number of hydrogen-bond acceptors (Lipinski definition) is 9. The second-order valence-corrected chi connectivity index (χ2v) is 12.1. The smallest absolute Gasteiger partial charge is 0.239 e. The fourth-order valence-corrected chi connectivity index (χ4v) is 5.98. The van der Waals surface area contributed by atoms with Crippen LogP contribution >= 0.6 is 23.1 Å². The second-order valence-electron chi connectivity index (χ2n) is 7.97. The van der Waals surface area contributed by atoms with Crippen LogP contribution in [0.2, 0.25) is 0 Å². The first-order chi connectivity index (χ1) is 16.1. The van der Waals surface area contributed by atoms with Crippen LogP contribution in [0, 0.1) is 6.92 Å². The van der Waals surface area contributed by atoms with Crippen molar-refractivity contribution in [2.75, 3.05) is 5.32 Å². The zero-order chi connectivity index (χ0) is 24.9. The molecule has 3 rings (SSSR count). The number of aryl methyl sites for hydroxylation is 1. The highest BCUT2D eigenvalue weighted by atomic mass is 32.2. The van der Waals surface area contributed by atoms with Gasteiger partial charge in [-0.05, 0) is 25.5 Å². The summed E-state index contributed by atoms with van der Waals surface area (Å²) in [5.41, 5.74) is 0.977. The monoisotopic (exact) mass is 520 g/mol. The van der Waals surface area contributed by atoms with Gasteiger partial charge >= 0.3 is 0 Å². The molecule has 0 aliphatic carbocycles. The van der Waals surface area contributed by atoms with Crippen LogP contribution in [-0.2, 0) is 26.9 Å². The molecule has 0 fully saturated rings. The number of sulfone groups is 1. The van der Waals surface area contributed by atoms with Crippen molar-refractivity contribution in [2.45, 2.75) is 67.6 Å². The number of aromatic nitrogens is 5. The summed E-state index contributed by atoms with van der Waals surface area (Å²) >= 11 is 2.58. The molecule has 0 spiro atoms. The second kappa shape index (κ2) is 11.2. The molecule has 0 bridgehead atoms. The SMILES string of the molecule is C=CCn1c(CS(=O)(=O)c2ccc(C)cc2)nnc1SC(CC)C(=O)Nc1nnc(C(C)C)s1. The highest BCUT2D eigenvalue weighted by Crippen LogP contribution is 2.28. The topological polar surface area (TPSA) is 120 Å². The molecule has 182 valence electrons. The summed E-state index contributed by atoms with van der Waals surface area (Å²) in [4.78, 5) is 13.1. The number of thioether (sulfide) groups is 1. The van der Waals surface area contributed by atoms with Crippen LogP contribution in [0.5, 0.6) is 0 Å². The number of allylic oxidation sites excluding steroid dienone is 1. The number of nitrogens with zero attached hydrogens (tertiary/aromatic N) is 5. The number of amides is 1. The number of rotatable bonds is 11. The number of nitrogens with one attached hydrogen (secondary N) is 1. The van der Waals surface area contributed by atoms with E-state index < -0.39 is 15.1 Å². The molecule has 0 saturated carbocycles. The lowest BCUT2D eigenvalue weighted by Crippen LogP contribution is -2.25. The lowest BCUT2D eigenvalue weighted by Gasteiger charge is -2.14. The minimum atomic E-state index is -3.61. The molecule has 0 saturated heterocycles. The lowest BCUT2D eigenvalue weighted by molar-refractivity contribution is -0.115. The zero-order valence-corrected chi connectivity index (χ0v) is 22.0. The van der Waals surface area contributed by atoms with Gasteiger partial charge < -0.3 is 4.57 Å². The maximum absolute atomic E-state index is 12.9. The van der Waals surface area contributed by atoms with Gasteiger partial charge in [-0.1, -0.05) is 67.6 Å². The molecule has 1 aromatic carbocycles. The fraction of sp³-hybridized carbons (Fsp3) is 0.409. The molecule has 1 atom stereocenters. The van der Waals surface area contributed by atoms with Crippen molar-refractivity contribution in [3.8, 4) is 0 Å². The Hall–Kier alpha value is -2.57. The normalized spacial score (nSPS) is 12.6. The number of hydrogen-bond donors (Lipinski definition) is 1. The van der Waals surface area contributed by atoms with E-state index in [1.165, 1.54) is 23.1 Å². The van der Waals surface area contributed by atoms with E-state index in [0.29, 0.717) is 29.1 Å². The lowest BCUT2D eigenvalue weighted by atomic mass is 10.2. The van der Waals surface area contributed by atoms with Gasteiger partial charge in [0.2, 0.25) is 11.0 Å². The summed E-state index contributed by atoms with van der Waals surface area (Å²) in [6.45, 7) is 11.9. The Kier molecular flexibility index (Phi) is 8.61. The van der Waals surface area contributed by atoms with Crippen LogP contribution in [0.3, 0.4) is 0 Å². The molecule has 0 radical (unpaired) electrons. The van der Waals surface area contributed by atoms with Crippen LogP contribution in [-0.4, -0.2) is 44.5 Å². The predicted molar refractivity (Wildman–Crippen MR) is 135 cm³/mol. The summed E-state index contributed by atoms with van der Waals surface area (Å²) < 4.78 is 27.5. The molecular formula is C22H28N6O3S3. The van der Waals surface area contributed by atoms with Gasteiger partial charge in [-0.2, -0.15) is 0 Å². The van der Waals surface area contributed by atoms with Gasteiger partial charge in [0, 0.05) is 12.5 Å². The molecular weight excluding hydrogens is 492 g/mol. The number of benzene rings is 1. The molecule has 0 aliphatic heterocycles. The molecule has 2 aromatic heterocycles. The Morgan fingerprint density at radius 3 is 2.50 bits per heavy atom. The van der Waals surface area contributed by atoms with E-state index in [9.17, 15) is 13.2 Å². The van der Waals surface area contributed by atoms with Crippen LogP contribution in [0.25, 0.3) is 0 Å². The predicted octanol–water partition coefficient (Wildman–Crippen LogP) is 4.23. The largest absolute Gasteiger partial charge is 0.301 e. The number of anilines is 1. The van der Waals surface area contributed by atoms with Crippen LogP contribution < -0.4 is 5.32 Å². The van der Waals surface area contributed by atoms with E-state index >= 15 is 0 Å². The summed E-state index contributed by atoms with van der Waals surface area (Å²) in [7, 11) is -3.61. The average Bonchev–Trinajstić information content (AvgIpc) is 3.40. The maximum atomic E-state index is 12.9. The van der Waals surface area contributed by atoms with Gasteiger partial charge in [-0.25, -0.2) is 8.42 Å². The highest BCUT2D eigenvalue weighted by Gasteiger charge is 2.26. The van der Waals surface area contributed by atoms with Crippen molar-refractivity contribution >= 4 is 44.0 Å². The summed E-state index contributed by atoms with van der Waals surface area (Å²) in [6.07, 6.45) is 2.18. The first-order valence-electron chi connectivity index (χ1n) is 10.8. The van der Waals surface area contributed by atoms with Gasteiger partial charge in [0.25, 0.3) is 0 Å². The van der Waals surface area contributed by atoms with Crippen molar-refractivity contribution in [2.24, 2.45) is 0 Å². The molecule has 9 nitrogen and oxygen atoms in total. The molecule has 1 unspecified atom stereocenters. The molecule has 34 heavy (non-hydrogen) atoms. The number of carbonyl (C=O) groups is 1. The van der Waals surface area contributed by atoms with E-state index in [0.717, 1.165) is 10.6 Å². The first kappa shape index (κ1) is 26.0. The molecule has 0 aliphatic rings. The van der Waals surface area contributed by atoms with E-state index in [1.54, 1.807) is 34.9 Å². The molecule has 12 heteroatoms. The van der Waals surface area contributed by atoms with Gasteiger partial charge in [-0.3, -0.25) is 10.1 Å². The standard InChI is InChI=1S/C22H28N6O3S3/c1-6-12-28-18(13-34(30,31)16-10-8-15(5)9-11-16)24-27-22(28)32-17(7-2)19(29)23-21-26-25-20(33-21)14(3)4/h6,8-11,14,17H,1,7,12-13H2,2-5H3,(H,23,26,29). The van der Waals surface area contributed by atoms with Gasteiger partial charge in [0.05, 0.1) is 10.1 Å². The Labute approximate surface area is 208 Å². The Balaban J connectivity index is 1.78. The summed E-state index contributed by atoms with van der Waals surface area (Å²) in [5, 5.41) is 20.6. The van der Waals surface area contributed by atoms with E-state index in [-0.39, 0.29) is 22.5 Å². The molecule has 2 heterocycles. The minimum Gasteiger partial charge on any atom is -0.301 e. The fourth-order valence-electron chi connectivity index (χ4n) is 2.98. The van der Waals surface area contributed by atoms with Crippen LogP contribution in [0.1, 0.15) is 49.5 Å². The van der Waals surface area contributed by atoms with Crippen molar-refractivity contribution < 1.29 is 13.2 Å². The Morgan fingerprint density at radius 2 is 1.91 bits per heavy atom. The van der Waals surface area contributed by atoms with Crippen molar-refractivity contribution in [1.82, 2.24) is 25.0 Å². The maximum Gasteiger partial charge on any atom is 0.239 e. The average molecular weight is 521 g/mol. The molecule has 1 amide bonds. The third-order valence-electron chi connectivity index (χ3n) is 4.88. The summed E-state index contributed by atoms with van der Waals surface area (Å²) in [5.74, 6) is -0.000114. The zero-order valence-electron chi connectivity index (χ0n) is 19.6. The van der Waals surface area contributed by atoms with Gasteiger partial charge in [0.15, 0.2) is 15.0 Å². The number of carbonyl (C=O) groups excluding carboxylic acids is 1. The van der Waals surface area contributed by atoms with Crippen molar-refractivity contribution in [3.63, 3.8) is 0 Å². The third kappa shape index (κ3) is 6.30. The first-order valence-corrected chi connectivity index (χ1v) is 14.1. The Bertz CT molecular complexity index is 1250.